The lowest BCUT2D eigenvalue weighted by Crippen LogP contribution is -2.40. The quantitative estimate of drug-likeness (QED) is 0.658. The standard InChI is InChI=1S/C19H17FN2O4/c1-25-16-7-6-15(11-17(16)26-2)22-9-8-21(18(23)19(22)24)12-13-4-3-5-14(20)10-13/h3-11H,12H2,1-2H3. The minimum Gasteiger partial charge on any atom is -0.493 e. The van der Waals surface area contributed by atoms with Gasteiger partial charge in [-0.15, -0.1) is 0 Å². The summed E-state index contributed by atoms with van der Waals surface area (Å²) in [5.74, 6) is 0.568. The number of methoxy groups -OCH3 is 2. The van der Waals surface area contributed by atoms with Crippen LogP contribution in [-0.4, -0.2) is 23.4 Å². The van der Waals surface area contributed by atoms with Gasteiger partial charge in [-0.25, -0.2) is 4.39 Å². The van der Waals surface area contributed by atoms with Gasteiger partial charge in [-0.05, 0) is 29.8 Å². The molecule has 0 saturated heterocycles. The monoisotopic (exact) mass is 356 g/mol. The maximum atomic E-state index is 13.3. The smallest absolute Gasteiger partial charge is 0.320 e. The zero-order valence-corrected chi connectivity index (χ0v) is 14.3. The summed E-state index contributed by atoms with van der Waals surface area (Å²) < 4.78 is 26.2. The van der Waals surface area contributed by atoms with E-state index in [1.165, 1.54) is 47.9 Å². The molecule has 2 aromatic carbocycles. The molecule has 0 spiro atoms. The van der Waals surface area contributed by atoms with Crippen LogP contribution in [-0.2, 0) is 6.54 Å². The summed E-state index contributed by atoms with van der Waals surface area (Å²) in [6.45, 7) is 0.110. The van der Waals surface area contributed by atoms with Crippen molar-refractivity contribution in [1.29, 1.82) is 0 Å². The van der Waals surface area contributed by atoms with Crippen molar-refractivity contribution in [2.75, 3.05) is 14.2 Å². The third-order valence-corrected chi connectivity index (χ3v) is 3.95. The van der Waals surface area contributed by atoms with Crippen molar-refractivity contribution in [1.82, 2.24) is 9.13 Å². The number of halogens is 1. The summed E-state index contributed by atoms with van der Waals surface area (Å²) in [7, 11) is 3.00. The largest absolute Gasteiger partial charge is 0.493 e. The Bertz CT molecular complexity index is 1060. The second-order valence-electron chi connectivity index (χ2n) is 5.58. The fourth-order valence-electron chi connectivity index (χ4n) is 2.64. The first-order valence-corrected chi connectivity index (χ1v) is 7.82. The molecule has 0 amide bonds. The Labute approximate surface area is 148 Å². The van der Waals surface area contributed by atoms with E-state index in [0.29, 0.717) is 22.7 Å². The van der Waals surface area contributed by atoms with E-state index in [9.17, 15) is 14.0 Å². The van der Waals surface area contributed by atoms with Gasteiger partial charge in [-0.2, -0.15) is 0 Å². The van der Waals surface area contributed by atoms with Crippen LogP contribution in [0, 0.1) is 5.82 Å². The van der Waals surface area contributed by atoms with Gasteiger partial charge in [0.15, 0.2) is 11.5 Å². The third-order valence-electron chi connectivity index (χ3n) is 3.95. The topological polar surface area (TPSA) is 62.5 Å². The predicted molar refractivity (Wildman–Crippen MR) is 94.9 cm³/mol. The van der Waals surface area contributed by atoms with Gasteiger partial charge < -0.3 is 14.0 Å². The average Bonchev–Trinajstić information content (AvgIpc) is 2.65. The van der Waals surface area contributed by atoms with Gasteiger partial charge in [0.1, 0.15) is 5.82 Å². The molecule has 0 fully saturated rings. The first-order chi connectivity index (χ1) is 12.5. The first-order valence-electron chi connectivity index (χ1n) is 7.82. The van der Waals surface area contributed by atoms with Crippen LogP contribution in [0.25, 0.3) is 5.69 Å². The molecule has 0 bridgehead atoms. The number of hydrogen-bond acceptors (Lipinski definition) is 4. The van der Waals surface area contributed by atoms with E-state index in [1.54, 1.807) is 30.3 Å². The molecule has 0 aliphatic rings. The summed E-state index contributed by atoms with van der Waals surface area (Å²) in [5.41, 5.74) is -0.347. The second-order valence-corrected chi connectivity index (χ2v) is 5.58. The lowest BCUT2D eigenvalue weighted by molar-refractivity contribution is 0.355. The number of rotatable bonds is 5. The van der Waals surface area contributed by atoms with Gasteiger partial charge in [0.25, 0.3) is 0 Å². The van der Waals surface area contributed by atoms with Gasteiger partial charge in [-0.3, -0.25) is 14.2 Å². The molecule has 134 valence electrons. The van der Waals surface area contributed by atoms with Gasteiger partial charge in [0.2, 0.25) is 0 Å². The van der Waals surface area contributed by atoms with Gasteiger partial charge in [-0.1, -0.05) is 12.1 Å². The highest BCUT2D eigenvalue weighted by Crippen LogP contribution is 2.28. The summed E-state index contributed by atoms with van der Waals surface area (Å²) in [4.78, 5) is 24.9. The molecule has 3 aromatic rings. The van der Waals surface area contributed by atoms with E-state index in [-0.39, 0.29) is 6.54 Å². The zero-order chi connectivity index (χ0) is 18.7. The van der Waals surface area contributed by atoms with Crippen molar-refractivity contribution in [3.63, 3.8) is 0 Å². The van der Waals surface area contributed by atoms with Crippen molar-refractivity contribution in [2.45, 2.75) is 6.54 Å². The van der Waals surface area contributed by atoms with Gasteiger partial charge in [0, 0.05) is 18.5 Å². The van der Waals surface area contributed by atoms with Crippen molar-refractivity contribution >= 4 is 0 Å². The van der Waals surface area contributed by atoms with Crippen LogP contribution < -0.4 is 20.6 Å². The maximum Gasteiger partial charge on any atom is 0.320 e. The summed E-state index contributed by atoms with van der Waals surface area (Å²) in [6, 6.07) is 10.8. The number of ether oxygens (including phenoxy) is 2. The summed E-state index contributed by atoms with van der Waals surface area (Å²) >= 11 is 0. The van der Waals surface area contributed by atoms with Crippen molar-refractivity contribution in [3.8, 4) is 17.2 Å². The Balaban J connectivity index is 2.00. The molecule has 0 atom stereocenters. The highest BCUT2D eigenvalue weighted by atomic mass is 19.1. The van der Waals surface area contributed by atoms with Crippen LogP contribution in [0.3, 0.4) is 0 Å². The van der Waals surface area contributed by atoms with Gasteiger partial charge >= 0.3 is 11.1 Å². The van der Waals surface area contributed by atoms with Crippen LogP contribution in [0.4, 0.5) is 4.39 Å². The molecule has 1 aromatic heterocycles. The first kappa shape index (κ1) is 17.5. The Morgan fingerprint density at radius 1 is 0.923 bits per heavy atom. The minimum absolute atomic E-state index is 0.110. The molecular weight excluding hydrogens is 339 g/mol. The fourth-order valence-corrected chi connectivity index (χ4v) is 2.64. The van der Waals surface area contributed by atoms with Crippen LogP contribution in [0.15, 0.2) is 64.4 Å². The van der Waals surface area contributed by atoms with Crippen LogP contribution in [0.5, 0.6) is 11.5 Å². The van der Waals surface area contributed by atoms with Gasteiger partial charge in [0.05, 0.1) is 26.5 Å². The molecule has 0 radical (unpaired) electrons. The van der Waals surface area contributed by atoms with E-state index in [0.717, 1.165) is 0 Å². The van der Waals surface area contributed by atoms with Crippen molar-refractivity contribution in [3.05, 3.63) is 86.9 Å². The molecule has 7 heteroatoms. The molecule has 0 aliphatic heterocycles. The van der Waals surface area contributed by atoms with Crippen molar-refractivity contribution in [2.24, 2.45) is 0 Å². The van der Waals surface area contributed by atoms with E-state index in [1.807, 2.05) is 0 Å². The Morgan fingerprint density at radius 2 is 1.69 bits per heavy atom. The highest BCUT2D eigenvalue weighted by Gasteiger charge is 2.10. The molecule has 0 saturated carbocycles. The molecule has 26 heavy (non-hydrogen) atoms. The van der Waals surface area contributed by atoms with E-state index in [4.69, 9.17) is 9.47 Å². The lowest BCUT2D eigenvalue weighted by Gasteiger charge is -2.12. The number of nitrogens with zero attached hydrogens (tertiary/aromatic N) is 2. The molecule has 1 heterocycles. The predicted octanol–water partition coefficient (Wildman–Crippen LogP) is 2.20. The van der Waals surface area contributed by atoms with Crippen LogP contribution in [0.2, 0.25) is 0 Å². The van der Waals surface area contributed by atoms with E-state index < -0.39 is 16.9 Å². The van der Waals surface area contributed by atoms with Crippen LogP contribution in [0.1, 0.15) is 5.56 Å². The minimum atomic E-state index is -0.712. The molecule has 0 unspecified atom stereocenters. The maximum absolute atomic E-state index is 13.3. The average molecular weight is 356 g/mol. The second kappa shape index (κ2) is 7.26. The normalized spacial score (nSPS) is 10.6. The lowest BCUT2D eigenvalue weighted by atomic mass is 10.2. The molecule has 0 aliphatic carbocycles. The summed E-state index contributed by atoms with van der Waals surface area (Å²) in [6.07, 6.45) is 2.98. The molecule has 6 nitrogen and oxygen atoms in total. The van der Waals surface area contributed by atoms with E-state index in [2.05, 4.69) is 0 Å². The van der Waals surface area contributed by atoms with E-state index >= 15 is 0 Å². The number of hydrogen-bond donors (Lipinski definition) is 0. The summed E-state index contributed by atoms with van der Waals surface area (Å²) in [5, 5.41) is 0. The number of benzene rings is 2. The fraction of sp³-hybridized carbons (Fsp3) is 0.158. The molecule has 0 N–H and O–H groups in total. The number of aromatic nitrogens is 2. The van der Waals surface area contributed by atoms with Crippen LogP contribution >= 0.6 is 0 Å². The molecule has 3 rings (SSSR count). The Morgan fingerprint density at radius 3 is 2.38 bits per heavy atom. The Hall–Kier alpha value is -3.35. The molecular formula is C19H17FN2O4. The zero-order valence-electron chi connectivity index (χ0n) is 14.3. The Kier molecular flexibility index (Phi) is 4.88. The third kappa shape index (κ3) is 3.37. The van der Waals surface area contributed by atoms with Crippen molar-refractivity contribution < 1.29 is 13.9 Å². The SMILES string of the molecule is COc1ccc(-n2ccn(Cc3cccc(F)c3)c(=O)c2=O)cc1OC. The highest BCUT2D eigenvalue weighted by molar-refractivity contribution is 5.48.